The standard InChI is InChI=1S/C33H30/c1-31(2)25-13-9-7-11-19(25)21-15-29-23(17-27(21)31)24-18-28-22(16-30(24)33(29,5)6)20-12-8-10-14-26(20)32(28,3)4/h7-18H,1-6H3. The van der Waals surface area contributed by atoms with E-state index in [4.69, 9.17) is 0 Å². The minimum atomic E-state index is -0.0158. The molecule has 0 atom stereocenters. The molecule has 0 amide bonds. The fourth-order valence-corrected chi connectivity index (χ4v) is 7.12. The average molecular weight is 427 g/mol. The largest absolute Gasteiger partial charge is 0.0619 e. The molecule has 0 saturated heterocycles. The van der Waals surface area contributed by atoms with Gasteiger partial charge in [-0.2, -0.15) is 0 Å². The molecule has 0 spiro atoms. The van der Waals surface area contributed by atoms with Gasteiger partial charge in [-0.1, -0.05) is 90.1 Å². The third kappa shape index (κ3) is 2.13. The van der Waals surface area contributed by atoms with Gasteiger partial charge in [-0.15, -0.1) is 0 Å². The summed E-state index contributed by atoms with van der Waals surface area (Å²) < 4.78 is 0. The molecular weight excluding hydrogens is 396 g/mol. The predicted octanol–water partition coefficient (Wildman–Crippen LogP) is 8.61. The van der Waals surface area contributed by atoms with E-state index in [-0.39, 0.29) is 16.2 Å². The Balaban J connectivity index is 1.52. The van der Waals surface area contributed by atoms with Crippen LogP contribution in [0, 0.1) is 0 Å². The Labute approximate surface area is 197 Å². The van der Waals surface area contributed by atoms with Crippen LogP contribution in [0.1, 0.15) is 74.9 Å². The van der Waals surface area contributed by atoms with Gasteiger partial charge in [0.25, 0.3) is 0 Å². The van der Waals surface area contributed by atoms with E-state index in [0.717, 1.165) is 0 Å². The van der Waals surface area contributed by atoms with Crippen molar-refractivity contribution in [3.63, 3.8) is 0 Å². The lowest BCUT2D eigenvalue weighted by Gasteiger charge is -2.24. The van der Waals surface area contributed by atoms with E-state index in [9.17, 15) is 0 Å². The molecule has 0 aliphatic heterocycles. The van der Waals surface area contributed by atoms with Crippen molar-refractivity contribution in [1.82, 2.24) is 0 Å². The average Bonchev–Trinajstić information content (AvgIpc) is 3.27. The molecule has 162 valence electrons. The van der Waals surface area contributed by atoms with Gasteiger partial charge in [0.15, 0.2) is 0 Å². The monoisotopic (exact) mass is 426 g/mol. The zero-order valence-corrected chi connectivity index (χ0v) is 20.4. The van der Waals surface area contributed by atoms with Crippen molar-refractivity contribution < 1.29 is 0 Å². The molecule has 0 fully saturated rings. The van der Waals surface area contributed by atoms with Crippen LogP contribution in [0.3, 0.4) is 0 Å². The van der Waals surface area contributed by atoms with Gasteiger partial charge in [0.1, 0.15) is 0 Å². The molecule has 4 aromatic rings. The number of benzene rings is 4. The van der Waals surface area contributed by atoms with E-state index in [0.29, 0.717) is 0 Å². The number of fused-ring (bicyclic) bond motifs is 9. The van der Waals surface area contributed by atoms with Gasteiger partial charge < -0.3 is 0 Å². The highest BCUT2D eigenvalue weighted by molar-refractivity contribution is 5.93. The maximum atomic E-state index is 2.53. The Morgan fingerprint density at radius 2 is 0.606 bits per heavy atom. The second-order valence-electron chi connectivity index (χ2n) is 11.9. The predicted molar refractivity (Wildman–Crippen MR) is 139 cm³/mol. The first kappa shape index (κ1) is 19.4. The second-order valence-corrected chi connectivity index (χ2v) is 11.9. The minimum absolute atomic E-state index is 0.0158. The summed E-state index contributed by atoms with van der Waals surface area (Å²) in [7, 11) is 0. The quantitative estimate of drug-likeness (QED) is 0.264. The van der Waals surface area contributed by atoms with Crippen molar-refractivity contribution in [1.29, 1.82) is 0 Å². The summed E-state index contributed by atoms with van der Waals surface area (Å²) in [6, 6.07) is 28.0. The van der Waals surface area contributed by atoms with Gasteiger partial charge >= 0.3 is 0 Å². The number of hydrogen-bond donors (Lipinski definition) is 0. The topological polar surface area (TPSA) is 0 Å². The smallest absolute Gasteiger partial charge is 0.0159 e. The van der Waals surface area contributed by atoms with Crippen molar-refractivity contribution >= 4 is 0 Å². The minimum Gasteiger partial charge on any atom is -0.0619 e. The van der Waals surface area contributed by atoms with Crippen molar-refractivity contribution in [2.24, 2.45) is 0 Å². The molecule has 0 aromatic heterocycles. The molecule has 0 saturated carbocycles. The van der Waals surface area contributed by atoms with Crippen molar-refractivity contribution in [3.8, 4) is 33.4 Å². The van der Waals surface area contributed by atoms with E-state index in [1.807, 2.05) is 0 Å². The first-order valence-corrected chi connectivity index (χ1v) is 12.2. The summed E-state index contributed by atoms with van der Waals surface area (Å²) in [6.07, 6.45) is 0. The van der Waals surface area contributed by atoms with Crippen molar-refractivity contribution in [2.75, 3.05) is 0 Å². The van der Waals surface area contributed by atoms with E-state index in [1.54, 1.807) is 0 Å². The first-order chi connectivity index (χ1) is 15.6. The van der Waals surface area contributed by atoms with Crippen molar-refractivity contribution in [3.05, 3.63) is 106 Å². The highest BCUT2D eigenvalue weighted by atomic mass is 14.5. The third-order valence-electron chi connectivity index (χ3n) is 9.08. The highest BCUT2D eigenvalue weighted by Crippen LogP contribution is 2.59. The molecule has 0 N–H and O–H groups in total. The molecular formula is C33H30. The molecule has 3 aliphatic carbocycles. The van der Waals surface area contributed by atoms with Crippen LogP contribution in [0.25, 0.3) is 33.4 Å². The summed E-state index contributed by atoms with van der Waals surface area (Å²) >= 11 is 0. The van der Waals surface area contributed by atoms with Gasteiger partial charge in [-0.3, -0.25) is 0 Å². The normalized spacial score (nSPS) is 18.7. The molecule has 4 aromatic carbocycles. The molecule has 0 nitrogen and oxygen atoms in total. The maximum Gasteiger partial charge on any atom is 0.0159 e. The molecule has 7 rings (SSSR count). The Morgan fingerprint density at radius 1 is 0.333 bits per heavy atom. The lowest BCUT2D eigenvalue weighted by Crippen LogP contribution is -2.17. The number of rotatable bonds is 0. The first-order valence-electron chi connectivity index (χ1n) is 12.2. The summed E-state index contributed by atoms with van der Waals surface area (Å²) in [4.78, 5) is 0. The summed E-state index contributed by atoms with van der Waals surface area (Å²) in [5.41, 5.74) is 17.3. The molecule has 0 heterocycles. The van der Waals surface area contributed by atoms with Crippen LogP contribution >= 0.6 is 0 Å². The molecule has 0 unspecified atom stereocenters. The zero-order chi connectivity index (χ0) is 22.9. The van der Waals surface area contributed by atoms with Crippen LogP contribution in [0.5, 0.6) is 0 Å². The van der Waals surface area contributed by atoms with Gasteiger partial charge in [-0.25, -0.2) is 0 Å². The Bertz CT molecular complexity index is 1410. The van der Waals surface area contributed by atoms with E-state index < -0.39 is 0 Å². The number of hydrogen-bond acceptors (Lipinski definition) is 0. The maximum absolute atomic E-state index is 2.53. The van der Waals surface area contributed by atoms with Crippen LogP contribution in [-0.4, -0.2) is 0 Å². The SMILES string of the molecule is CC1(C)c2ccccc2-c2cc3c(cc21)-c1cc2c(cc1C3(C)C)-c1ccccc1C2(C)C. The van der Waals surface area contributed by atoms with Crippen LogP contribution in [0.2, 0.25) is 0 Å². The van der Waals surface area contributed by atoms with Crippen molar-refractivity contribution in [2.45, 2.75) is 57.8 Å². The molecule has 33 heavy (non-hydrogen) atoms. The molecule has 0 bridgehead atoms. The Morgan fingerprint density at radius 3 is 0.970 bits per heavy atom. The Kier molecular flexibility index (Phi) is 3.33. The molecule has 0 heteroatoms. The van der Waals surface area contributed by atoms with Gasteiger partial charge in [0.05, 0.1) is 0 Å². The molecule has 0 radical (unpaired) electrons. The van der Waals surface area contributed by atoms with Gasteiger partial charge in [0, 0.05) is 16.2 Å². The summed E-state index contributed by atoms with van der Waals surface area (Å²) in [5, 5.41) is 0. The van der Waals surface area contributed by atoms with Crippen LogP contribution in [0.4, 0.5) is 0 Å². The van der Waals surface area contributed by atoms with Crippen LogP contribution < -0.4 is 0 Å². The van der Waals surface area contributed by atoms with E-state index >= 15 is 0 Å². The summed E-state index contributed by atoms with van der Waals surface area (Å²) in [6.45, 7) is 14.4. The highest BCUT2D eigenvalue weighted by Gasteiger charge is 2.44. The lowest BCUT2D eigenvalue weighted by atomic mass is 9.78. The lowest BCUT2D eigenvalue weighted by molar-refractivity contribution is 0.649. The van der Waals surface area contributed by atoms with Gasteiger partial charge in [-0.05, 0) is 91.0 Å². The van der Waals surface area contributed by atoms with Crippen LogP contribution in [0.15, 0.2) is 72.8 Å². The van der Waals surface area contributed by atoms with E-state index in [1.165, 1.54) is 66.8 Å². The fourth-order valence-electron chi connectivity index (χ4n) is 7.12. The zero-order valence-electron chi connectivity index (χ0n) is 20.4. The fraction of sp³-hybridized carbons (Fsp3) is 0.273. The summed E-state index contributed by atoms with van der Waals surface area (Å²) in [5.74, 6) is 0. The Hall–Kier alpha value is -3.12. The third-order valence-corrected chi connectivity index (χ3v) is 9.08. The van der Waals surface area contributed by atoms with Gasteiger partial charge in [0.2, 0.25) is 0 Å². The molecule has 3 aliphatic rings. The van der Waals surface area contributed by atoms with Crippen LogP contribution in [-0.2, 0) is 16.2 Å². The second kappa shape index (κ2) is 5.68. The van der Waals surface area contributed by atoms with E-state index in [2.05, 4.69) is 114 Å².